The Balaban J connectivity index is 2.32. The summed E-state index contributed by atoms with van der Waals surface area (Å²) < 4.78 is 6.73. The van der Waals surface area contributed by atoms with Gasteiger partial charge in [-0.15, -0.1) is 11.3 Å². The molecule has 0 aliphatic rings. The third kappa shape index (κ3) is 1.74. The highest BCUT2D eigenvalue weighted by molar-refractivity contribution is 7.17. The van der Waals surface area contributed by atoms with E-state index in [1.807, 2.05) is 6.07 Å². The summed E-state index contributed by atoms with van der Waals surface area (Å²) in [6.45, 7) is 3.26. The van der Waals surface area contributed by atoms with Crippen LogP contribution in [0.3, 0.4) is 0 Å². The molecule has 1 aromatic carbocycles. The van der Waals surface area contributed by atoms with Crippen molar-refractivity contribution in [2.24, 2.45) is 5.73 Å². The van der Waals surface area contributed by atoms with Crippen molar-refractivity contribution in [3.8, 4) is 5.75 Å². The fourth-order valence-electron chi connectivity index (χ4n) is 1.41. The predicted octanol–water partition coefficient (Wildman–Crippen LogP) is 2.55. The van der Waals surface area contributed by atoms with E-state index < -0.39 is 0 Å². The van der Waals surface area contributed by atoms with Gasteiger partial charge in [-0.1, -0.05) is 0 Å². The molecule has 0 aliphatic heterocycles. The Morgan fingerprint density at radius 1 is 1.43 bits per heavy atom. The SMILES string of the molecule is Cc1csc2cc(OCCN)ccc12. The van der Waals surface area contributed by atoms with Gasteiger partial charge in [-0.05, 0) is 41.5 Å². The highest BCUT2D eigenvalue weighted by Gasteiger charge is 2.01. The first-order valence-corrected chi connectivity index (χ1v) is 5.50. The van der Waals surface area contributed by atoms with Crippen LogP contribution in [-0.4, -0.2) is 13.2 Å². The number of ether oxygens (including phenoxy) is 1. The first-order valence-electron chi connectivity index (χ1n) is 4.62. The maximum Gasteiger partial charge on any atom is 0.120 e. The minimum atomic E-state index is 0.557. The largest absolute Gasteiger partial charge is 0.492 e. The second-order valence-corrected chi connectivity index (χ2v) is 4.13. The molecule has 0 bridgehead atoms. The molecule has 74 valence electrons. The molecule has 0 fully saturated rings. The number of nitrogens with two attached hydrogens (primary N) is 1. The van der Waals surface area contributed by atoms with Gasteiger partial charge in [0.2, 0.25) is 0 Å². The average molecular weight is 207 g/mol. The van der Waals surface area contributed by atoms with Crippen molar-refractivity contribution in [2.45, 2.75) is 6.92 Å². The summed E-state index contributed by atoms with van der Waals surface area (Å²) in [4.78, 5) is 0. The van der Waals surface area contributed by atoms with E-state index in [9.17, 15) is 0 Å². The van der Waals surface area contributed by atoms with Gasteiger partial charge in [-0.3, -0.25) is 0 Å². The third-order valence-electron chi connectivity index (χ3n) is 2.13. The summed E-state index contributed by atoms with van der Waals surface area (Å²) in [5, 5.41) is 3.48. The van der Waals surface area contributed by atoms with Crippen LogP contribution in [0.4, 0.5) is 0 Å². The number of aryl methyl sites for hydroxylation is 1. The Labute approximate surface area is 87.3 Å². The molecule has 0 spiro atoms. The van der Waals surface area contributed by atoms with E-state index in [0.29, 0.717) is 13.2 Å². The lowest BCUT2D eigenvalue weighted by Crippen LogP contribution is -2.10. The number of rotatable bonds is 3. The second kappa shape index (κ2) is 3.98. The first kappa shape index (κ1) is 9.49. The number of fused-ring (bicyclic) bond motifs is 1. The van der Waals surface area contributed by atoms with Gasteiger partial charge < -0.3 is 10.5 Å². The maximum absolute atomic E-state index is 5.45. The van der Waals surface area contributed by atoms with E-state index in [2.05, 4.69) is 24.4 Å². The summed E-state index contributed by atoms with van der Waals surface area (Å²) in [5.41, 5.74) is 6.70. The zero-order valence-electron chi connectivity index (χ0n) is 8.12. The standard InChI is InChI=1S/C11H13NOS/c1-8-7-14-11-6-9(13-5-4-12)2-3-10(8)11/h2-3,6-7H,4-5,12H2,1H3. The van der Waals surface area contributed by atoms with Crippen LogP contribution in [0.2, 0.25) is 0 Å². The average Bonchev–Trinajstić information content (AvgIpc) is 2.57. The van der Waals surface area contributed by atoms with Crippen LogP contribution in [0.5, 0.6) is 5.75 Å². The zero-order valence-corrected chi connectivity index (χ0v) is 8.93. The van der Waals surface area contributed by atoms with Crippen LogP contribution in [0.15, 0.2) is 23.6 Å². The quantitative estimate of drug-likeness (QED) is 0.839. The van der Waals surface area contributed by atoms with Gasteiger partial charge in [0.25, 0.3) is 0 Å². The zero-order chi connectivity index (χ0) is 9.97. The minimum absolute atomic E-state index is 0.557. The Hall–Kier alpha value is -1.06. The molecule has 2 nitrogen and oxygen atoms in total. The fourth-order valence-corrected chi connectivity index (χ4v) is 2.38. The Kier molecular flexibility index (Phi) is 2.70. The lowest BCUT2D eigenvalue weighted by atomic mass is 10.2. The van der Waals surface area contributed by atoms with Crippen molar-refractivity contribution in [1.29, 1.82) is 0 Å². The summed E-state index contributed by atoms with van der Waals surface area (Å²) >= 11 is 1.75. The van der Waals surface area contributed by atoms with E-state index in [-0.39, 0.29) is 0 Å². The molecule has 0 radical (unpaired) electrons. The Morgan fingerprint density at radius 2 is 2.29 bits per heavy atom. The molecule has 3 heteroatoms. The van der Waals surface area contributed by atoms with Crippen LogP contribution >= 0.6 is 11.3 Å². The Morgan fingerprint density at radius 3 is 3.07 bits per heavy atom. The number of benzene rings is 1. The molecular formula is C11H13NOS. The predicted molar refractivity (Wildman–Crippen MR) is 61.1 cm³/mol. The van der Waals surface area contributed by atoms with E-state index in [0.717, 1.165) is 5.75 Å². The van der Waals surface area contributed by atoms with Gasteiger partial charge in [0.15, 0.2) is 0 Å². The van der Waals surface area contributed by atoms with Crippen LogP contribution in [0.25, 0.3) is 10.1 Å². The van der Waals surface area contributed by atoms with Crippen LogP contribution in [0.1, 0.15) is 5.56 Å². The smallest absolute Gasteiger partial charge is 0.120 e. The fraction of sp³-hybridized carbons (Fsp3) is 0.273. The lowest BCUT2D eigenvalue weighted by Gasteiger charge is -2.03. The van der Waals surface area contributed by atoms with Crippen LogP contribution < -0.4 is 10.5 Å². The maximum atomic E-state index is 5.45. The van der Waals surface area contributed by atoms with Crippen molar-refractivity contribution >= 4 is 21.4 Å². The van der Waals surface area contributed by atoms with E-state index in [4.69, 9.17) is 10.5 Å². The van der Waals surface area contributed by atoms with E-state index >= 15 is 0 Å². The van der Waals surface area contributed by atoms with Crippen molar-refractivity contribution in [3.63, 3.8) is 0 Å². The molecule has 0 amide bonds. The molecule has 14 heavy (non-hydrogen) atoms. The van der Waals surface area contributed by atoms with Crippen LogP contribution in [-0.2, 0) is 0 Å². The van der Waals surface area contributed by atoms with Gasteiger partial charge in [-0.2, -0.15) is 0 Å². The summed E-state index contributed by atoms with van der Waals surface area (Å²) in [7, 11) is 0. The van der Waals surface area contributed by atoms with Crippen LogP contribution in [0, 0.1) is 6.92 Å². The summed E-state index contributed by atoms with van der Waals surface area (Å²) in [6.07, 6.45) is 0. The van der Waals surface area contributed by atoms with Crippen molar-refractivity contribution in [2.75, 3.05) is 13.2 Å². The highest BCUT2D eigenvalue weighted by atomic mass is 32.1. The topological polar surface area (TPSA) is 35.2 Å². The normalized spacial score (nSPS) is 10.7. The lowest BCUT2D eigenvalue weighted by molar-refractivity contribution is 0.329. The summed E-state index contributed by atoms with van der Waals surface area (Å²) in [5.74, 6) is 0.907. The molecule has 2 aromatic rings. The number of thiophene rings is 1. The molecule has 1 aromatic heterocycles. The molecular weight excluding hydrogens is 194 g/mol. The molecule has 0 aliphatic carbocycles. The Bertz CT molecular complexity index is 436. The van der Waals surface area contributed by atoms with Gasteiger partial charge in [0.1, 0.15) is 12.4 Å². The molecule has 0 unspecified atom stereocenters. The molecule has 2 rings (SSSR count). The molecule has 0 saturated carbocycles. The summed E-state index contributed by atoms with van der Waals surface area (Å²) in [6, 6.07) is 6.17. The second-order valence-electron chi connectivity index (χ2n) is 3.21. The molecule has 2 N–H and O–H groups in total. The van der Waals surface area contributed by atoms with Gasteiger partial charge in [-0.25, -0.2) is 0 Å². The number of hydrogen-bond acceptors (Lipinski definition) is 3. The van der Waals surface area contributed by atoms with Crippen molar-refractivity contribution < 1.29 is 4.74 Å². The highest BCUT2D eigenvalue weighted by Crippen LogP contribution is 2.28. The molecule has 0 atom stereocenters. The molecule has 0 saturated heterocycles. The number of hydrogen-bond donors (Lipinski definition) is 1. The molecule has 1 heterocycles. The monoisotopic (exact) mass is 207 g/mol. The van der Waals surface area contributed by atoms with E-state index in [1.165, 1.54) is 15.6 Å². The van der Waals surface area contributed by atoms with E-state index in [1.54, 1.807) is 11.3 Å². The third-order valence-corrected chi connectivity index (χ3v) is 3.19. The van der Waals surface area contributed by atoms with Gasteiger partial charge in [0, 0.05) is 11.2 Å². The van der Waals surface area contributed by atoms with Crippen molar-refractivity contribution in [1.82, 2.24) is 0 Å². The minimum Gasteiger partial charge on any atom is -0.492 e. The van der Waals surface area contributed by atoms with Crippen molar-refractivity contribution in [3.05, 3.63) is 29.1 Å². The first-order chi connectivity index (χ1) is 6.81. The van der Waals surface area contributed by atoms with Gasteiger partial charge >= 0.3 is 0 Å². The van der Waals surface area contributed by atoms with Gasteiger partial charge in [0.05, 0.1) is 0 Å².